The number of rotatable bonds is 2. The van der Waals surface area contributed by atoms with E-state index in [2.05, 4.69) is 29.5 Å². The van der Waals surface area contributed by atoms with Crippen molar-refractivity contribution in [2.75, 3.05) is 13.7 Å². The number of fused-ring (bicyclic) bond motifs is 2. The summed E-state index contributed by atoms with van der Waals surface area (Å²) < 4.78 is 6.02. The largest absolute Gasteiger partial charge is 0.377 e. The van der Waals surface area contributed by atoms with Crippen molar-refractivity contribution in [3.63, 3.8) is 0 Å². The highest BCUT2D eigenvalue weighted by Gasteiger charge is 2.65. The van der Waals surface area contributed by atoms with Gasteiger partial charge in [-0.3, -0.25) is 4.99 Å². The van der Waals surface area contributed by atoms with Gasteiger partial charge in [-0.05, 0) is 33.1 Å². The number of nitrogens with one attached hydrogen (secondary N) is 2. The molecule has 3 fully saturated rings. The minimum atomic E-state index is 0.399. The smallest absolute Gasteiger partial charge is 0.191 e. The average molecular weight is 265 g/mol. The van der Waals surface area contributed by atoms with E-state index in [1.807, 2.05) is 7.05 Å². The van der Waals surface area contributed by atoms with Crippen molar-refractivity contribution < 1.29 is 4.74 Å². The molecular weight excluding hydrogens is 238 g/mol. The van der Waals surface area contributed by atoms with Crippen molar-refractivity contribution in [1.82, 2.24) is 10.6 Å². The summed E-state index contributed by atoms with van der Waals surface area (Å²) in [6.07, 6.45) is 7.10. The van der Waals surface area contributed by atoms with Gasteiger partial charge in [0, 0.05) is 37.1 Å². The molecular formula is C15H27N3O. The maximum absolute atomic E-state index is 6.02. The Morgan fingerprint density at radius 3 is 2.68 bits per heavy atom. The monoisotopic (exact) mass is 265 g/mol. The molecule has 3 aliphatic rings. The summed E-state index contributed by atoms with van der Waals surface area (Å²) in [7, 11) is 1.86. The molecule has 3 atom stereocenters. The standard InChI is InChI=1S/C15H27N3O/c1-10(2)17-14(16-3)18-12-11-6-9-19-13(11)15(12)7-4-5-8-15/h10-13H,4-9H2,1-3H3,(H2,16,17,18). The van der Waals surface area contributed by atoms with E-state index in [-0.39, 0.29) is 0 Å². The SMILES string of the molecule is CN=C(NC(C)C)NC1C2CCOC2C12CCCC2. The fourth-order valence-electron chi connectivity index (χ4n) is 4.50. The van der Waals surface area contributed by atoms with Crippen molar-refractivity contribution >= 4 is 5.96 Å². The van der Waals surface area contributed by atoms with Crippen molar-refractivity contribution in [3.8, 4) is 0 Å². The Balaban J connectivity index is 1.72. The lowest BCUT2D eigenvalue weighted by Crippen LogP contribution is -2.69. The van der Waals surface area contributed by atoms with Gasteiger partial charge in [0.15, 0.2) is 5.96 Å². The van der Waals surface area contributed by atoms with Crippen LogP contribution in [0.1, 0.15) is 46.0 Å². The van der Waals surface area contributed by atoms with E-state index >= 15 is 0 Å². The van der Waals surface area contributed by atoms with Gasteiger partial charge in [-0.25, -0.2) is 0 Å². The van der Waals surface area contributed by atoms with Crippen LogP contribution in [0.25, 0.3) is 0 Å². The van der Waals surface area contributed by atoms with E-state index in [9.17, 15) is 0 Å². The van der Waals surface area contributed by atoms with Gasteiger partial charge in [0.2, 0.25) is 0 Å². The van der Waals surface area contributed by atoms with Gasteiger partial charge in [-0.1, -0.05) is 12.8 Å². The predicted octanol–water partition coefficient (Wildman–Crippen LogP) is 1.91. The second-order valence-electron chi connectivity index (χ2n) is 6.68. The zero-order chi connectivity index (χ0) is 13.5. The quantitative estimate of drug-likeness (QED) is 0.592. The van der Waals surface area contributed by atoms with Crippen LogP contribution in [-0.4, -0.2) is 37.8 Å². The summed E-state index contributed by atoms with van der Waals surface area (Å²) in [6.45, 7) is 5.26. The molecule has 0 bridgehead atoms. The molecule has 2 saturated carbocycles. The predicted molar refractivity (Wildman–Crippen MR) is 77.3 cm³/mol. The Hall–Kier alpha value is -0.770. The highest BCUT2D eigenvalue weighted by molar-refractivity contribution is 5.80. The summed E-state index contributed by atoms with van der Waals surface area (Å²) >= 11 is 0. The second-order valence-corrected chi connectivity index (χ2v) is 6.68. The number of aliphatic imine (C=N–C) groups is 1. The van der Waals surface area contributed by atoms with E-state index in [1.165, 1.54) is 32.1 Å². The molecule has 0 aromatic rings. The van der Waals surface area contributed by atoms with Gasteiger partial charge in [0.1, 0.15) is 0 Å². The molecule has 0 aromatic carbocycles. The van der Waals surface area contributed by atoms with Crippen LogP contribution in [0.2, 0.25) is 0 Å². The molecule has 4 nitrogen and oxygen atoms in total. The molecule has 0 amide bonds. The van der Waals surface area contributed by atoms with Gasteiger partial charge in [-0.15, -0.1) is 0 Å². The first-order valence-corrected chi connectivity index (χ1v) is 7.79. The molecule has 3 rings (SSSR count). The summed E-state index contributed by atoms with van der Waals surface area (Å²) in [4.78, 5) is 4.37. The number of guanidine groups is 1. The summed E-state index contributed by atoms with van der Waals surface area (Å²) in [5.74, 6) is 1.65. The molecule has 2 N–H and O–H groups in total. The highest BCUT2D eigenvalue weighted by atomic mass is 16.5. The van der Waals surface area contributed by atoms with Crippen molar-refractivity contribution in [2.45, 2.75) is 64.1 Å². The van der Waals surface area contributed by atoms with Crippen LogP contribution in [-0.2, 0) is 4.74 Å². The van der Waals surface area contributed by atoms with E-state index in [0.29, 0.717) is 29.5 Å². The Bertz CT molecular complexity index is 360. The lowest BCUT2D eigenvalue weighted by molar-refractivity contribution is -0.125. The van der Waals surface area contributed by atoms with E-state index in [0.717, 1.165) is 12.6 Å². The van der Waals surface area contributed by atoms with Crippen molar-refractivity contribution in [3.05, 3.63) is 0 Å². The topological polar surface area (TPSA) is 45.7 Å². The lowest BCUT2D eigenvalue weighted by Gasteiger charge is -2.57. The number of hydrogen-bond donors (Lipinski definition) is 2. The lowest BCUT2D eigenvalue weighted by atomic mass is 9.54. The van der Waals surface area contributed by atoms with Crippen LogP contribution in [0.3, 0.4) is 0 Å². The summed E-state index contributed by atoms with van der Waals surface area (Å²) in [5, 5.41) is 7.11. The van der Waals surface area contributed by atoms with Crippen LogP contribution in [0, 0.1) is 11.3 Å². The minimum absolute atomic E-state index is 0.399. The molecule has 1 saturated heterocycles. The van der Waals surface area contributed by atoms with Gasteiger partial charge in [-0.2, -0.15) is 0 Å². The molecule has 1 heterocycles. The molecule has 1 spiro atoms. The first-order valence-electron chi connectivity index (χ1n) is 7.79. The first kappa shape index (κ1) is 13.2. The zero-order valence-corrected chi connectivity index (χ0v) is 12.4. The highest BCUT2D eigenvalue weighted by Crippen LogP contribution is 2.60. The van der Waals surface area contributed by atoms with E-state index in [1.54, 1.807) is 0 Å². The molecule has 108 valence electrons. The summed E-state index contributed by atoms with van der Waals surface area (Å²) in [6, 6.07) is 0.980. The Morgan fingerprint density at radius 2 is 2.05 bits per heavy atom. The second kappa shape index (κ2) is 4.97. The van der Waals surface area contributed by atoms with Crippen LogP contribution >= 0.6 is 0 Å². The number of hydrogen-bond acceptors (Lipinski definition) is 2. The average Bonchev–Trinajstić information content (AvgIpc) is 3.01. The molecule has 4 heteroatoms. The van der Waals surface area contributed by atoms with Gasteiger partial charge >= 0.3 is 0 Å². The minimum Gasteiger partial charge on any atom is -0.377 e. The van der Waals surface area contributed by atoms with Crippen molar-refractivity contribution in [2.24, 2.45) is 16.3 Å². The molecule has 19 heavy (non-hydrogen) atoms. The number of nitrogens with zero attached hydrogens (tertiary/aromatic N) is 1. The Kier molecular flexibility index (Phi) is 3.46. The van der Waals surface area contributed by atoms with Crippen LogP contribution in [0.4, 0.5) is 0 Å². The maximum atomic E-state index is 6.02. The van der Waals surface area contributed by atoms with Crippen LogP contribution < -0.4 is 10.6 Å². The van der Waals surface area contributed by atoms with E-state index < -0.39 is 0 Å². The maximum Gasteiger partial charge on any atom is 0.191 e. The summed E-state index contributed by atoms with van der Waals surface area (Å²) in [5.41, 5.74) is 0.399. The van der Waals surface area contributed by atoms with Gasteiger partial charge < -0.3 is 15.4 Å². The Morgan fingerprint density at radius 1 is 1.32 bits per heavy atom. The first-order chi connectivity index (χ1) is 9.17. The molecule has 0 radical (unpaired) electrons. The fraction of sp³-hybridized carbons (Fsp3) is 0.933. The van der Waals surface area contributed by atoms with Crippen LogP contribution in [0.5, 0.6) is 0 Å². The third-order valence-corrected chi connectivity index (χ3v) is 5.23. The molecule has 0 aromatic heterocycles. The molecule has 3 unspecified atom stereocenters. The molecule has 2 aliphatic carbocycles. The third-order valence-electron chi connectivity index (χ3n) is 5.23. The molecule has 1 aliphatic heterocycles. The Labute approximate surface area is 116 Å². The fourth-order valence-corrected chi connectivity index (χ4v) is 4.50. The zero-order valence-electron chi connectivity index (χ0n) is 12.4. The van der Waals surface area contributed by atoms with Crippen LogP contribution in [0.15, 0.2) is 4.99 Å². The third kappa shape index (κ3) is 2.04. The normalized spacial score (nSPS) is 36.4. The van der Waals surface area contributed by atoms with Crippen molar-refractivity contribution in [1.29, 1.82) is 0 Å². The van der Waals surface area contributed by atoms with E-state index in [4.69, 9.17) is 4.74 Å². The van der Waals surface area contributed by atoms with Gasteiger partial charge in [0.25, 0.3) is 0 Å². The van der Waals surface area contributed by atoms with Gasteiger partial charge in [0.05, 0.1) is 6.10 Å². The number of ether oxygens (including phenoxy) is 1.